The van der Waals surface area contributed by atoms with Crippen LogP contribution in [0.15, 0.2) is 24.3 Å². The summed E-state index contributed by atoms with van der Waals surface area (Å²) in [5.41, 5.74) is 0.655. The number of rotatable bonds is 9. The summed E-state index contributed by atoms with van der Waals surface area (Å²) in [4.78, 5) is 26.2. The molecule has 2 amide bonds. The first-order valence-corrected chi connectivity index (χ1v) is 9.02. The zero-order chi connectivity index (χ0) is 18.8. The van der Waals surface area contributed by atoms with Crippen molar-refractivity contribution < 1.29 is 23.8 Å². The lowest BCUT2D eigenvalue weighted by Gasteiger charge is -2.32. The normalized spacial score (nSPS) is 14.9. The van der Waals surface area contributed by atoms with Crippen LogP contribution in [-0.2, 0) is 14.3 Å². The van der Waals surface area contributed by atoms with E-state index in [0.717, 1.165) is 18.6 Å². The number of likely N-dealkylation sites (tertiary alicyclic amines) is 1. The first-order valence-electron chi connectivity index (χ1n) is 9.02. The molecule has 0 aromatic heterocycles. The standard InChI is InChI=1S/C19H28N2O5/c1-3-26-17-6-4-15(5-7-17)19(23)21-10-8-16(9-11-21)20-18(22)14-25-13-12-24-2/h4-7,16H,3,8-14H2,1-2H3,(H,20,22). The van der Waals surface area contributed by atoms with Gasteiger partial charge in [-0.3, -0.25) is 9.59 Å². The molecule has 0 spiro atoms. The van der Waals surface area contributed by atoms with Crippen molar-refractivity contribution in [1.82, 2.24) is 10.2 Å². The van der Waals surface area contributed by atoms with Crippen molar-refractivity contribution >= 4 is 11.8 Å². The van der Waals surface area contributed by atoms with Crippen molar-refractivity contribution in [2.75, 3.05) is 46.6 Å². The molecule has 1 aliphatic rings. The van der Waals surface area contributed by atoms with Gasteiger partial charge in [0.1, 0.15) is 12.4 Å². The van der Waals surface area contributed by atoms with Crippen LogP contribution in [0.1, 0.15) is 30.1 Å². The topological polar surface area (TPSA) is 77.1 Å². The van der Waals surface area contributed by atoms with Crippen molar-refractivity contribution in [1.29, 1.82) is 0 Å². The molecule has 7 nitrogen and oxygen atoms in total. The number of benzene rings is 1. The molecule has 0 atom stereocenters. The first kappa shape index (κ1) is 20.2. The Hall–Kier alpha value is -2.12. The Morgan fingerprint density at radius 1 is 1.15 bits per heavy atom. The van der Waals surface area contributed by atoms with E-state index >= 15 is 0 Å². The van der Waals surface area contributed by atoms with Gasteiger partial charge in [0.15, 0.2) is 0 Å². The van der Waals surface area contributed by atoms with Crippen molar-refractivity contribution in [2.45, 2.75) is 25.8 Å². The first-order chi connectivity index (χ1) is 12.6. The highest BCUT2D eigenvalue weighted by atomic mass is 16.5. The third-order valence-corrected chi connectivity index (χ3v) is 4.22. The zero-order valence-electron chi connectivity index (χ0n) is 15.5. The largest absolute Gasteiger partial charge is 0.494 e. The van der Waals surface area contributed by atoms with E-state index in [1.807, 2.05) is 24.0 Å². The highest BCUT2D eigenvalue weighted by Crippen LogP contribution is 2.17. The number of carbonyl (C=O) groups is 2. The lowest BCUT2D eigenvalue weighted by molar-refractivity contribution is -0.127. The number of carbonyl (C=O) groups excluding carboxylic acids is 2. The Morgan fingerprint density at radius 2 is 1.85 bits per heavy atom. The number of nitrogens with one attached hydrogen (secondary N) is 1. The Bertz CT molecular complexity index is 568. The fourth-order valence-electron chi connectivity index (χ4n) is 2.85. The Balaban J connectivity index is 1.73. The molecule has 1 aromatic rings. The van der Waals surface area contributed by atoms with Crippen molar-refractivity contribution in [2.24, 2.45) is 0 Å². The average Bonchev–Trinajstić information content (AvgIpc) is 2.66. The third kappa shape index (κ3) is 6.31. The molecule has 1 fully saturated rings. The molecule has 1 aliphatic heterocycles. The summed E-state index contributed by atoms with van der Waals surface area (Å²) < 4.78 is 15.5. The molecule has 0 saturated carbocycles. The highest BCUT2D eigenvalue weighted by Gasteiger charge is 2.24. The van der Waals surface area contributed by atoms with Crippen molar-refractivity contribution in [3.8, 4) is 5.75 Å². The summed E-state index contributed by atoms with van der Waals surface area (Å²) in [7, 11) is 1.59. The van der Waals surface area contributed by atoms with E-state index in [1.54, 1.807) is 19.2 Å². The van der Waals surface area contributed by atoms with Crippen LogP contribution in [0.2, 0.25) is 0 Å². The van der Waals surface area contributed by atoms with Gasteiger partial charge in [-0.15, -0.1) is 0 Å². The maximum Gasteiger partial charge on any atom is 0.253 e. The van der Waals surface area contributed by atoms with Gasteiger partial charge in [0, 0.05) is 31.8 Å². The van der Waals surface area contributed by atoms with E-state index in [4.69, 9.17) is 14.2 Å². The van der Waals surface area contributed by atoms with Gasteiger partial charge in [-0.25, -0.2) is 0 Å². The Morgan fingerprint density at radius 3 is 2.46 bits per heavy atom. The van der Waals surface area contributed by atoms with E-state index in [0.29, 0.717) is 38.5 Å². The molecule has 0 radical (unpaired) electrons. The number of amides is 2. The van der Waals surface area contributed by atoms with Crippen LogP contribution in [0.5, 0.6) is 5.75 Å². The quantitative estimate of drug-likeness (QED) is 0.672. The number of ether oxygens (including phenoxy) is 3. The van der Waals surface area contributed by atoms with Crippen LogP contribution in [0.3, 0.4) is 0 Å². The van der Waals surface area contributed by atoms with Gasteiger partial charge in [-0.05, 0) is 44.0 Å². The molecule has 2 rings (SSSR count). The number of nitrogens with zero attached hydrogens (tertiary/aromatic N) is 1. The van der Waals surface area contributed by atoms with Crippen LogP contribution < -0.4 is 10.1 Å². The summed E-state index contributed by atoms with van der Waals surface area (Å²) in [6, 6.07) is 7.29. The lowest BCUT2D eigenvalue weighted by atomic mass is 10.0. The summed E-state index contributed by atoms with van der Waals surface area (Å²) in [5, 5.41) is 2.96. The summed E-state index contributed by atoms with van der Waals surface area (Å²) in [5.74, 6) is 0.649. The van der Waals surface area contributed by atoms with Gasteiger partial charge in [0.25, 0.3) is 5.91 Å². The predicted molar refractivity (Wildman–Crippen MR) is 97.4 cm³/mol. The smallest absolute Gasteiger partial charge is 0.253 e. The molecule has 26 heavy (non-hydrogen) atoms. The minimum atomic E-state index is -0.127. The van der Waals surface area contributed by atoms with Gasteiger partial charge < -0.3 is 24.4 Å². The molecule has 0 aliphatic carbocycles. The van der Waals surface area contributed by atoms with Crippen molar-refractivity contribution in [3.05, 3.63) is 29.8 Å². The van der Waals surface area contributed by atoms with E-state index in [9.17, 15) is 9.59 Å². The molecular formula is C19H28N2O5. The number of piperidine rings is 1. The zero-order valence-corrected chi connectivity index (χ0v) is 15.5. The maximum atomic E-state index is 12.6. The monoisotopic (exact) mass is 364 g/mol. The fraction of sp³-hybridized carbons (Fsp3) is 0.579. The predicted octanol–water partition coefficient (Wildman–Crippen LogP) is 1.47. The van der Waals surface area contributed by atoms with Crippen LogP contribution in [0.4, 0.5) is 0 Å². The van der Waals surface area contributed by atoms with Crippen LogP contribution in [0, 0.1) is 0 Å². The number of methoxy groups -OCH3 is 1. The number of hydrogen-bond acceptors (Lipinski definition) is 5. The maximum absolute atomic E-state index is 12.6. The molecule has 7 heteroatoms. The van der Waals surface area contributed by atoms with Gasteiger partial charge >= 0.3 is 0 Å². The van der Waals surface area contributed by atoms with E-state index in [2.05, 4.69) is 5.32 Å². The Labute approximate surface area is 154 Å². The summed E-state index contributed by atoms with van der Waals surface area (Å²) >= 11 is 0. The Kier molecular flexibility index (Phi) is 8.37. The highest BCUT2D eigenvalue weighted by molar-refractivity contribution is 5.94. The summed E-state index contributed by atoms with van der Waals surface area (Å²) in [6.07, 6.45) is 1.49. The van der Waals surface area contributed by atoms with E-state index < -0.39 is 0 Å². The van der Waals surface area contributed by atoms with Crippen LogP contribution in [-0.4, -0.2) is 69.4 Å². The second-order valence-corrected chi connectivity index (χ2v) is 6.14. The minimum Gasteiger partial charge on any atom is -0.494 e. The number of hydrogen-bond donors (Lipinski definition) is 1. The molecule has 144 valence electrons. The lowest BCUT2D eigenvalue weighted by Crippen LogP contribution is -2.47. The average molecular weight is 364 g/mol. The van der Waals surface area contributed by atoms with Crippen LogP contribution in [0.25, 0.3) is 0 Å². The van der Waals surface area contributed by atoms with E-state index in [-0.39, 0.29) is 24.5 Å². The molecular weight excluding hydrogens is 336 g/mol. The fourth-order valence-corrected chi connectivity index (χ4v) is 2.85. The molecule has 0 bridgehead atoms. The van der Waals surface area contributed by atoms with Gasteiger partial charge in [0.2, 0.25) is 5.91 Å². The third-order valence-electron chi connectivity index (χ3n) is 4.22. The van der Waals surface area contributed by atoms with Gasteiger partial charge in [-0.1, -0.05) is 0 Å². The summed E-state index contributed by atoms with van der Waals surface area (Å²) in [6.45, 7) is 4.69. The molecule has 1 saturated heterocycles. The second-order valence-electron chi connectivity index (χ2n) is 6.14. The second kappa shape index (κ2) is 10.8. The van der Waals surface area contributed by atoms with Gasteiger partial charge in [0.05, 0.1) is 19.8 Å². The SMILES string of the molecule is CCOc1ccc(C(=O)N2CCC(NC(=O)COCCOC)CC2)cc1. The molecule has 1 N–H and O–H groups in total. The molecule has 0 unspecified atom stereocenters. The van der Waals surface area contributed by atoms with Crippen molar-refractivity contribution in [3.63, 3.8) is 0 Å². The molecule has 1 aromatic carbocycles. The van der Waals surface area contributed by atoms with Gasteiger partial charge in [-0.2, -0.15) is 0 Å². The van der Waals surface area contributed by atoms with E-state index in [1.165, 1.54) is 0 Å². The minimum absolute atomic E-state index is 0.0146. The van der Waals surface area contributed by atoms with Crippen LogP contribution >= 0.6 is 0 Å². The molecule has 1 heterocycles.